The number of carboxylic acid groups (broad SMARTS) is 1. The molecule has 1 fully saturated rings. The van der Waals surface area contributed by atoms with Gasteiger partial charge in [-0.3, -0.25) is 14.4 Å². The summed E-state index contributed by atoms with van der Waals surface area (Å²) in [7, 11) is 0. The van der Waals surface area contributed by atoms with Crippen LogP contribution in [0.25, 0.3) is 11.3 Å². The van der Waals surface area contributed by atoms with Crippen LogP contribution in [0.15, 0.2) is 30.5 Å². The summed E-state index contributed by atoms with van der Waals surface area (Å²) < 4.78 is 129. The van der Waals surface area contributed by atoms with Crippen LogP contribution in [0.2, 0.25) is 0 Å². The SMILES string of the molecule is CC(C)(C)OC(=O)Cn1ccc(-c2cc(C(F)(F)F)ccc2CN2CCN(C(=O)O)CC2C(C(F)(F)F)C(F)(F)F)n1. The molecule has 17 heteroatoms. The van der Waals surface area contributed by atoms with E-state index >= 15 is 0 Å². The van der Waals surface area contributed by atoms with Gasteiger partial charge in [0.2, 0.25) is 0 Å². The number of amides is 1. The Morgan fingerprint density at radius 3 is 2.14 bits per heavy atom. The van der Waals surface area contributed by atoms with Crippen molar-refractivity contribution in [2.75, 3.05) is 19.6 Å². The van der Waals surface area contributed by atoms with Gasteiger partial charge in [0.25, 0.3) is 0 Å². The van der Waals surface area contributed by atoms with Gasteiger partial charge < -0.3 is 14.7 Å². The van der Waals surface area contributed by atoms with Crippen LogP contribution in [-0.4, -0.2) is 80.4 Å². The van der Waals surface area contributed by atoms with Crippen molar-refractivity contribution in [3.63, 3.8) is 0 Å². The number of hydrogen-bond donors (Lipinski definition) is 1. The van der Waals surface area contributed by atoms with Crippen molar-refractivity contribution in [3.05, 3.63) is 41.6 Å². The van der Waals surface area contributed by atoms with E-state index in [1.165, 1.54) is 12.3 Å². The van der Waals surface area contributed by atoms with Gasteiger partial charge in [0.05, 0.1) is 11.3 Å². The number of hydrogen-bond acceptors (Lipinski definition) is 5. The topological polar surface area (TPSA) is 87.9 Å². The number of halogens is 9. The molecule has 0 saturated carbocycles. The zero-order chi connectivity index (χ0) is 31.8. The predicted octanol–water partition coefficient (Wildman–Crippen LogP) is 5.82. The number of carbonyl (C=O) groups excluding carboxylic acids is 1. The van der Waals surface area contributed by atoms with Crippen molar-refractivity contribution in [1.82, 2.24) is 19.6 Å². The summed E-state index contributed by atoms with van der Waals surface area (Å²) in [5, 5.41) is 13.3. The predicted molar refractivity (Wildman–Crippen MR) is 128 cm³/mol. The molecule has 2 heterocycles. The summed E-state index contributed by atoms with van der Waals surface area (Å²) >= 11 is 0. The Hall–Kier alpha value is -3.50. The van der Waals surface area contributed by atoms with Crippen LogP contribution >= 0.6 is 0 Å². The van der Waals surface area contributed by atoms with Crippen LogP contribution in [0, 0.1) is 5.92 Å². The van der Waals surface area contributed by atoms with E-state index in [4.69, 9.17) is 4.74 Å². The van der Waals surface area contributed by atoms with E-state index in [0.717, 1.165) is 15.6 Å². The van der Waals surface area contributed by atoms with Crippen LogP contribution in [0.5, 0.6) is 0 Å². The van der Waals surface area contributed by atoms with Crippen LogP contribution in [0.1, 0.15) is 31.9 Å². The largest absolute Gasteiger partial charge is 0.465 e. The van der Waals surface area contributed by atoms with Crippen LogP contribution < -0.4 is 0 Å². The summed E-state index contributed by atoms with van der Waals surface area (Å²) in [5.41, 5.74) is -2.47. The molecular formula is C25H27F9N4O4. The molecule has 0 aliphatic carbocycles. The molecule has 0 bridgehead atoms. The number of ether oxygens (including phenoxy) is 1. The summed E-state index contributed by atoms with van der Waals surface area (Å²) in [6.07, 6.45) is -16.9. The van der Waals surface area contributed by atoms with Crippen LogP contribution in [-0.2, 0) is 28.8 Å². The Kier molecular flexibility index (Phi) is 9.15. The molecule has 2 aromatic rings. The fourth-order valence-electron chi connectivity index (χ4n) is 4.60. The minimum Gasteiger partial charge on any atom is -0.465 e. The molecule has 1 aromatic carbocycles. The van der Waals surface area contributed by atoms with Crippen molar-refractivity contribution in [2.45, 2.75) is 64.0 Å². The average molecular weight is 618 g/mol. The number of aromatic nitrogens is 2. The van der Waals surface area contributed by atoms with E-state index in [2.05, 4.69) is 5.10 Å². The van der Waals surface area contributed by atoms with E-state index in [-0.39, 0.29) is 16.8 Å². The summed E-state index contributed by atoms with van der Waals surface area (Å²) in [6.45, 7) is 1.58. The van der Waals surface area contributed by atoms with Gasteiger partial charge >= 0.3 is 30.6 Å². The Labute approximate surface area is 233 Å². The van der Waals surface area contributed by atoms with Gasteiger partial charge in [0.1, 0.15) is 12.1 Å². The summed E-state index contributed by atoms with van der Waals surface area (Å²) in [6, 6.07) is 1.02. The van der Waals surface area contributed by atoms with Gasteiger partial charge in [0, 0.05) is 44.0 Å². The quantitative estimate of drug-likeness (QED) is 0.325. The minimum absolute atomic E-state index is 0.0950. The second-order valence-corrected chi connectivity index (χ2v) is 10.7. The van der Waals surface area contributed by atoms with Gasteiger partial charge in [-0.05, 0) is 44.5 Å². The first-order chi connectivity index (χ1) is 19.1. The van der Waals surface area contributed by atoms with Crippen molar-refractivity contribution >= 4 is 12.1 Å². The zero-order valence-corrected chi connectivity index (χ0v) is 22.4. The fourth-order valence-corrected chi connectivity index (χ4v) is 4.60. The molecule has 1 N–H and O–H groups in total. The molecule has 1 aromatic heterocycles. The number of piperazine rings is 1. The van der Waals surface area contributed by atoms with Crippen molar-refractivity contribution in [2.24, 2.45) is 5.92 Å². The maximum atomic E-state index is 13.7. The lowest BCUT2D eigenvalue weighted by atomic mass is 9.92. The number of nitrogens with zero attached hydrogens (tertiary/aromatic N) is 4. The normalized spacial score (nSPS) is 17.5. The molecular weight excluding hydrogens is 591 g/mol. The lowest BCUT2D eigenvalue weighted by molar-refractivity contribution is -0.302. The standard InChI is InChI=1S/C25H27F9N4O4/c1-22(2,3)42-19(39)13-38-7-6-17(35-38)16-10-15(23(26,27)28)5-4-14(16)11-36-8-9-37(21(40)41)12-18(36)20(24(29,30)31)25(32,33)34/h4-7,10,18,20H,8-9,11-13H2,1-3H3,(H,40,41). The molecule has 1 amide bonds. The number of benzene rings is 1. The van der Waals surface area contributed by atoms with E-state index in [0.29, 0.717) is 17.0 Å². The van der Waals surface area contributed by atoms with E-state index < -0.39 is 86.4 Å². The molecule has 8 nitrogen and oxygen atoms in total. The van der Waals surface area contributed by atoms with Gasteiger partial charge in [0.15, 0.2) is 5.92 Å². The third kappa shape index (κ3) is 8.29. The Balaban J connectivity index is 2.04. The fraction of sp³-hybridized carbons (Fsp3) is 0.560. The highest BCUT2D eigenvalue weighted by atomic mass is 19.4. The Morgan fingerprint density at radius 2 is 1.62 bits per heavy atom. The molecule has 3 rings (SSSR count). The molecule has 234 valence electrons. The van der Waals surface area contributed by atoms with Crippen molar-refractivity contribution in [1.29, 1.82) is 0 Å². The maximum absolute atomic E-state index is 13.7. The van der Waals surface area contributed by atoms with Crippen molar-refractivity contribution in [3.8, 4) is 11.3 Å². The Bertz CT molecular complexity index is 1270. The smallest absolute Gasteiger partial charge is 0.416 e. The highest BCUT2D eigenvalue weighted by Crippen LogP contribution is 2.44. The first-order valence-electron chi connectivity index (χ1n) is 12.4. The molecule has 42 heavy (non-hydrogen) atoms. The number of rotatable bonds is 6. The average Bonchev–Trinajstić information content (AvgIpc) is 3.24. The lowest BCUT2D eigenvalue weighted by Crippen LogP contribution is -2.62. The number of alkyl halides is 9. The van der Waals surface area contributed by atoms with E-state index in [1.807, 2.05) is 0 Å². The Morgan fingerprint density at radius 1 is 1.00 bits per heavy atom. The first kappa shape index (κ1) is 33.0. The van der Waals surface area contributed by atoms with Crippen LogP contribution in [0.4, 0.5) is 44.3 Å². The van der Waals surface area contributed by atoms with Gasteiger partial charge in [-0.15, -0.1) is 0 Å². The maximum Gasteiger partial charge on any atom is 0.416 e. The molecule has 1 aliphatic heterocycles. The minimum atomic E-state index is -5.80. The second kappa shape index (κ2) is 11.6. The summed E-state index contributed by atoms with van der Waals surface area (Å²) in [5.74, 6) is -4.65. The summed E-state index contributed by atoms with van der Waals surface area (Å²) in [4.78, 5) is 24.8. The number of carbonyl (C=O) groups is 2. The van der Waals surface area contributed by atoms with Gasteiger partial charge in [-0.1, -0.05) is 6.07 Å². The van der Waals surface area contributed by atoms with Crippen LogP contribution in [0.3, 0.4) is 0 Å². The van der Waals surface area contributed by atoms with Gasteiger partial charge in [-0.25, -0.2) is 4.79 Å². The lowest BCUT2D eigenvalue weighted by Gasteiger charge is -2.44. The monoisotopic (exact) mass is 618 g/mol. The van der Waals surface area contributed by atoms with E-state index in [1.54, 1.807) is 20.8 Å². The molecule has 1 saturated heterocycles. The third-order valence-electron chi connectivity index (χ3n) is 6.33. The highest BCUT2D eigenvalue weighted by molar-refractivity contribution is 5.70. The molecule has 0 radical (unpaired) electrons. The second-order valence-electron chi connectivity index (χ2n) is 10.7. The highest BCUT2D eigenvalue weighted by Gasteiger charge is 2.62. The zero-order valence-electron chi connectivity index (χ0n) is 22.4. The van der Waals surface area contributed by atoms with Gasteiger partial charge in [-0.2, -0.15) is 44.6 Å². The molecule has 1 atom stereocenters. The third-order valence-corrected chi connectivity index (χ3v) is 6.33. The van der Waals surface area contributed by atoms with E-state index in [9.17, 15) is 54.2 Å². The molecule has 0 spiro atoms. The first-order valence-corrected chi connectivity index (χ1v) is 12.4. The van der Waals surface area contributed by atoms with Crippen molar-refractivity contribution < 1.29 is 58.9 Å². The molecule has 1 unspecified atom stereocenters. The molecule has 1 aliphatic rings. The number of esters is 1.